The fraction of sp³-hybridized carbons (Fsp3) is 0.273. The molecule has 0 aromatic heterocycles. The zero-order valence-corrected chi connectivity index (χ0v) is 9.74. The zero-order valence-electron chi connectivity index (χ0n) is 8.16. The molecule has 1 nitrogen and oxygen atoms in total. The summed E-state index contributed by atoms with van der Waals surface area (Å²) in [6.45, 7) is 3.59. The third-order valence-electron chi connectivity index (χ3n) is 1.70. The molecule has 0 fully saturated rings. The van der Waals surface area contributed by atoms with E-state index in [1.807, 2.05) is 31.2 Å². The van der Waals surface area contributed by atoms with Gasteiger partial charge in [0, 0.05) is 18.1 Å². The van der Waals surface area contributed by atoms with Crippen LogP contribution in [0, 0.1) is 0 Å². The minimum Gasteiger partial charge on any atom is -0.309 e. The molecular formula is C11H15Cl2N. The van der Waals surface area contributed by atoms with Crippen LogP contribution in [0.3, 0.4) is 0 Å². The Morgan fingerprint density at radius 2 is 2.00 bits per heavy atom. The van der Waals surface area contributed by atoms with Crippen LogP contribution in [0.25, 0.3) is 0 Å². The van der Waals surface area contributed by atoms with Crippen molar-refractivity contribution in [1.29, 1.82) is 0 Å². The minimum atomic E-state index is 0. The van der Waals surface area contributed by atoms with Gasteiger partial charge in [-0.3, -0.25) is 0 Å². The number of benzene rings is 1. The molecule has 1 aromatic rings. The summed E-state index contributed by atoms with van der Waals surface area (Å²) in [5.74, 6) is 0. The molecule has 1 rings (SSSR count). The van der Waals surface area contributed by atoms with E-state index in [0.29, 0.717) is 0 Å². The largest absolute Gasteiger partial charge is 0.309 e. The fourth-order valence-corrected chi connectivity index (χ4v) is 1.10. The Morgan fingerprint density at radius 1 is 1.36 bits per heavy atom. The van der Waals surface area contributed by atoms with Crippen LogP contribution in [0.2, 0.25) is 0 Å². The van der Waals surface area contributed by atoms with Crippen LogP contribution in [-0.2, 0) is 6.54 Å². The number of nitrogens with one attached hydrogen (secondary N) is 1. The molecule has 78 valence electrons. The molecule has 0 bridgehead atoms. The van der Waals surface area contributed by atoms with Crippen molar-refractivity contribution in [2.45, 2.75) is 13.5 Å². The van der Waals surface area contributed by atoms with Gasteiger partial charge in [0.1, 0.15) is 0 Å². The smallest absolute Gasteiger partial charge is 0.0208 e. The van der Waals surface area contributed by atoms with E-state index in [1.54, 1.807) is 0 Å². The van der Waals surface area contributed by atoms with Crippen LogP contribution >= 0.6 is 24.0 Å². The molecule has 0 spiro atoms. The second-order valence-corrected chi connectivity index (χ2v) is 3.50. The van der Waals surface area contributed by atoms with Gasteiger partial charge in [-0.15, -0.1) is 12.4 Å². The molecule has 0 aliphatic heterocycles. The number of halogens is 2. The molecule has 0 amide bonds. The Bertz CT molecular complexity index is 266. The van der Waals surface area contributed by atoms with Crippen LogP contribution in [0.5, 0.6) is 0 Å². The second-order valence-electron chi connectivity index (χ2n) is 2.91. The highest BCUT2D eigenvalue weighted by molar-refractivity contribution is 6.29. The van der Waals surface area contributed by atoms with Gasteiger partial charge >= 0.3 is 0 Å². The van der Waals surface area contributed by atoms with Gasteiger partial charge in [0.25, 0.3) is 0 Å². The van der Waals surface area contributed by atoms with Gasteiger partial charge in [0.05, 0.1) is 0 Å². The van der Waals surface area contributed by atoms with Crippen LogP contribution in [0.15, 0.2) is 41.4 Å². The molecule has 1 N–H and O–H groups in total. The highest BCUT2D eigenvalue weighted by Crippen LogP contribution is 1.98. The van der Waals surface area contributed by atoms with Gasteiger partial charge in [-0.1, -0.05) is 48.0 Å². The van der Waals surface area contributed by atoms with Gasteiger partial charge in [-0.25, -0.2) is 0 Å². The molecule has 0 saturated carbocycles. The summed E-state index contributed by atoms with van der Waals surface area (Å²) >= 11 is 5.68. The lowest BCUT2D eigenvalue weighted by Crippen LogP contribution is -2.12. The lowest BCUT2D eigenvalue weighted by molar-refractivity contribution is 0.759. The average molecular weight is 232 g/mol. The Balaban J connectivity index is 0.00000169. The van der Waals surface area contributed by atoms with Crippen LogP contribution in [0.1, 0.15) is 12.5 Å². The first kappa shape index (κ1) is 13.5. The van der Waals surface area contributed by atoms with Crippen LogP contribution < -0.4 is 5.32 Å². The highest BCUT2D eigenvalue weighted by atomic mass is 35.5. The van der Waals surface area contributed by atoms with E-state index in [-0.39, 0.29) is 12.4 Å². The summed E-state index contributed by atoms with van der Waals surface area (Å²) in [5.41, 5.74) is 1.29. The monoisotopic (exact) mass is 231 g/mol. The number of hydrogen-bond donors (Lipinski definition) is 1. The van der Waals surface area contributed by atoms with E-state index in [1.165, 1.54) is 5.56 Å². The second kappa shape index (κ2) is 7.86. The van der Waals surface area contributed by atoms with Crippen molar-refractivity contribution in [1.82, 2.24) is 5.32 Å². The lowest BCUT2D eigenvalue weighted by Gasteiger charge is -2.01. The minimum absolute atomic E-state index is 0. The Morgan fingerprint density at radius 3 is 2.57 bits per heavy atom. The summed E-state index contributed by atoms with van der Waals surface area (Å²) < 4.78 is 0. The Labute approximate surface area is 96.6 Å². The summed E-state index contributed by atoms with van der Waals surface area (Å²) in [5, 5.41) is 4.11. The molecule has 1 aromatic carbocycles. The predicted molar refractivity (Wildman–Crippen MR) is 65.0 cm³/mol. The van der Waals surface area contributed by atoms with E-state index in [0.717, 1.165) is 18.1 Å². The third-order valence-corrected chi connectivity index (χ3v) is 1.85. The first-order chi connectivity index (χ1) is 6.29. The maximum atomic E-state index is 5.68. The Kier molecular flexibility index (Phi) is 7.58. The first-order valence-electron chi connectivity index (χ1n) is 4.36. The van der Waals surface area contributed by atoms with Crippen molar-refractivity contribution in [2.24, 2.45) is 0 Å². The van der Waals surface area contributed by atoms with Crippen LogP contribution in [0.4, 0.5) is 0 Å². The zero-order chi connectivity index (χ0) is 9.52. The van der Waals surface area contributed by atoms with Crippen molar-refractivity contribution in [2.75, 3.05) is 6.54 Å². The van der Waals surface area contributed by atoms with E-state index in [2.05, 4.69) is 17.4 Å². The Hall–Kier alpha value is -0.500. The fourth-order valence-electron chi connectivity index (χ4n) is 1.03. The molecular weight excluding hydrogens is 217 g/mol. The van der Waals surface area contributed by atoms with Crippen molar-refractivity contribution in [3.8, 4) is 0 Å². The van der Waals surface area contributed by atoms with Crippen molar-refractivity contribution < 1.29 is 0 Å². The highest BCUT2D eigenvalue weighted by Gasteiger charge is 1.88. The van der Waals surface area contributed by atoms with Gasteiger partial charge < -0.3 is 5.32 Å². The topological polar surface area (TPSA) is 12.0 Å². The van der Waals surface area contributed by atoms with Crippen molar-refractivity contribution >= 4 is 24.0 Å². The van der Waals surface area contributed by atoms with Gasteiger partial charge in [0.15, 0.2) is 0 Å². The van der Waals surface area contributed by atoms with E-state index in [4.69, 9.17) is 11.6 Å². The standard InChI is InChI=1S/C11H14ClN.ClH/c1-10(12)7-8-13-9-11-5-3-2-4-6-11;/h2-7,13H,8-9H2,1H3;1H/b10-7+;. The molecule has 14 heavy (non-hydrogen) atoms. The summed E-state index contributed by atoms with van der Waals surface area (Å²) in [6, 6.07) is 10.3. The number of allylic oxidation sites excluding steroid dienone is 1. The van der Waals surface area contributed by atoms with Gasteiger partial charge in [-0.05, 0) is 12.5 Å². The first-order valence-corrected chi connectivity index (χ1v) is 4.74. The normalized spacial score (nSPS) is 10.9. The lowest BCUT2D eigenvalue weighted by atomic mass is 10.2. The van der Waals surface area contributed by atoms with E-state index < -0.39 is 0 Å². The van der Waals surface area contributed by atoms with E-state index >= 15 is 0 Å². The van der Waals surface area contributed by atoms with Gasteiger partial charge in [-0.2, -0.15) is 0 Å². The average Bonchev–Trinajstić information content (AvgIpc) is 2.14. The third kappa shape index (κ3) is 6.03. The van der Waals surface area contributed by atoms with E-state index in [9.17, 15) is 0 Å². The molecule has 0 heterocycles. The summed E-state index contributed by atoms with van der Waals surface area (Å²) in [6.07, 6.45) is 1.96. The number of rotatable bonds is 4. The molecule has 0 unspecified atom stereocenters. The van der Waals surface area contributed by atoms with Crippen molar-refractivity contribution in [3.05, 3.63) is 47.0 Å². The maximum absolute atomic E-state index is 5.68. The molecule has 0 aliphatic rings. The molecule has 0 atom stereocenters. The molecule has 3 heteroatoms. The van der Waals surface area contributed by atoms with Crippen molar-refractivity contribution in [3.63, 3.8) is 0 Å². The molecule has 0 radical (unpaired) electrons. The molecule has 0 saturated heterocycles. The SMILES string of the molecule is C/C(Cl)=C\CNCc1ccccc1.Cl. The summed E-state index contributed by atoms with van der Waals surface area (Å²) in [7, 11) is 0. The quantitative estimate of drug-likeness (QED) is 0.785. The number of hydrogen-bond acceptors (Lipinski definition) is 1. The maximum Gasteiger partial charge on any atom is 0.0208 e. The van der Waals surface area contributed by atoms with Gasteiger partial charge in [0.2, 0.25) is 0 Å². The summed E-state index contributed by atoms with van der Waals surface area (Å²) in [4.78, 5) is 0. The predicted octanol–water partition coefficient (Wildman–Crippen LogP) is 3.34. The molecule has 0 aliphatic carbocycles. The van der Waals surface area contributed by atoms with Crippen LogP contribution in [-0.4, -0.2) is 6.54 Å².